The average molecular weight is 100 g/mol. The van der Waals surface area contributed by atoms with Crippen LogP contribution in [0, 0.1) is 0 Å². The zero-order chi connectivity index (χ0) is 3.41. The van der Waals surface area contributed by atoms with Gasteiger partial charge in [-0.25, -0.2) is 0 Å². The normalized spacial score (nSPS) is 6.00. The molecule has 0 aliphatic carbocycles. The summed E-state index contributed by atoms with van der Waals surface area (Å²) in [6, 6.07) is 0. The van der Waals surface area contributed by atoms with Crippen molar-refractivity contribution in [3.05, 3.63) is 0 Å². The maximum absolute atomic E-state index is 3.92. The Labute approximate surface area is 62.5 Å². The van der Waals surface area contributed by atoms with Crippen molar-refractivity contribution in [3.8, 4) is 0 Å². The van der Waals surface area contributed by atoms with Gasteiger partial charge in [0.05, 0.1) is 0 Å². The molecule has 5 heavy (non-hydrogen) atoms. The van der Waals surface area contributed by atoms with Crippen molar-refractivity contribution >= 4 is 12.6 Å². The van der Waals surface area contributed by atoms with E-state index in [0.29, 0.717) is 0 Å². The summed E-state index contributed by atoms with van der Waals surface area (Å²) in [6.45, 7) is 2.10. The third-order valence-corrected chi connectivity index (χ3v) is 0.671. The molecule has 0 bridgehead atoms. The predicted octanol–water partition coefficient (Wildman–Crippen LogP) is -1.56. The van der Waals surface area contributed by atoms with Gasteiger partial charge in [0.15, 0.2) is 0 Å². The molecule has 0 aromatic heterocycles. The summed E-state index contributed by atoms with van der Waals surface area (Å²) in [5.74, 6) is 1.01. The number of thiol groups is 1. The van der Waals surface area contributed by atoms with Crippen LogP contribution < -0.4 is 29.6 Å². The van der Waals surface area contributed by atoms with Crippen molar-refractivity contribution in [1.82, 2.24) is 0 Å². The summed E-state index contributed by atoms with van der Waals surface area (Å²) in [6.07, 6.45) is 1.18. The Kier molecular flexibility index (Phi) is 17.3. The van der Waals surface area contributed by atoms with E-state index in [4.69, 9.17) is 0 Å². The molecule has 0 saturated carbocycles. The molecular formula is C3H9NaS. The van der Waals surface area contributed by atoms with Gasteiger partial charge in [-0.05, 0) is 12.2 Å². The molecule has 0 saturated heterocycles. The minimum absolute atomic E-state index is 0. The second-order valence-electron chi connectivity index (χ2n) is 0.724. The molecule has 0 nitrogen and oxygen atoms in total. The number of hydrogen-bond donors (Lipinski definition) is 1. The van der Waals surface area contributed by atoms with Gasteiger partial charge in [0, 0.05) is 0 Å². The van der Waals surface area contributed by atoms with Crippen LogP contribution in [0.2, 0.25) is 0 Å². The minimum atomic E-state index is 0. The second-order valence-corrected chi connectivity index (χ2v) is 1.17. The van der Waals surface area contributed by atoms with E-state index in [1.807, 2.05) is 0 Å². The van der Waals surface area contributed by atoms with Crippen molar-refractivity contribution in [2.75, 3.05) is 5.75 Å². The predicted molar refractivity (Wildman–Crippen MR) is 25.3 cm³/mol. The first kappa shape index (κ1) is 9.61. The average Bonchev–Trinajstić information content (AvgIpc) is 1.37. The van der Waals surface area contributed by atoms with Crippen molar-refractivity contribution in [3.63, 3.8) is 0 Å². The summed E-state index contributed by atoms with van der Waals surface area (Å²) in [4.78, 5) is 0. The van der Waals surface area contributed by atoms with Crippen LogP contribution >= 0.6 is 12.6 Å². The van der Waals surface area contributed by atoms with Gasteiger partial charge in [-0.2, -0.15) is 12.6 Å². The third kappa shape index (κ3) is 10.9. The van der Waals surface area contributed by atoms with E-state index >= 15 is 0 Å². The molecule has 0 atom stereocenters. The van der Waals surface area contributed by atoms with Crippen LogP contribution in [0.3, 0.4) is 0 Å². The Balaban J connectivity index is -0.0000000450. The fraction of sp³-hybridized carbons (Fsp3) is 1.00. The molecule has 0 fully saturated rings. The van der Waals surface area contributed by atoms with Gasteiger partial charge in [-0.1, -0.05) is 6.92 Å². The van der Waals surface area contributed by atoms with Gasteiger partial charge >= 0.3 is 29.6 Å². The first-order valence-corrected chi connectivity index (χ1v) is 2.16. The summed E-state index contributed by atoms with van der Waals surface area (Å²) >= 11 is 3.92. The van der Waals surface area contributed by atoms with Crippen LogP contribution in [0.1, 0.15) is 14.8 Å². The van der Waals surface area contributed by atoms with Crippen molar-refractivity contribution in [2.45, 2.75) is 13.3 Å². The molecule has 0 aromatic carbocycles. The molecular weight excluding hydrogens is 91.1 g/mol. The van der Waals surface area contributed by atoms with E-state index in [1.165, 1.54) is 6.42 Å². The first-order chi connectivity index (χ1) is 1.91. The maximum atomic E-state index is 3.92. The first-order valence-electron chi connectivity index (χ1n) is 1.52. The Morgan fingerprint density at radius 1 is 1.80 bits per heavy atom. The zero-order valence-electron chi connectivity index (χ0n) is 4.86. The van der Waals surface area contributed by atoms with E-state index in [2.05, 4.69) is 19.6 Å². The smallest absolute Gasteiger partial charge is 1.00 e. The molecule has 0 aliphatic heterocycles. The van der Waals surface area contributed by atoms with Gasteiger partial charge < -0.3 is 1.43 Å². The number of hydrogen-bond acceptors (Lipinski definition) is 1. The van der Waals surface area contributed by atoms with Gasteiger partial charge in [-0.15, -0.1) is 0 Å². The SMILES string of the molecule is CCCS.[H-].[Na+]. The quantitative estimate of drug-likeness (QED) is 0.299. The van der Waals surface area contributed by atoms with E-state index in [0.717, 1.165) is 5.75 Å². The topological polar surface area (TPSA) is 0 Å². The Bertz CT molecular complexity index is 12.8. The molecule has 0 N–H and O–H groups in total. The van der Waals surface area contributed by atoms with E-state index < -0.39 is 0 Å². The maximum Gasteiger partial charge on any atom is 1.00 e. The van der Waals surface area contributed by atoms with Gasteiger partial charge in [-0.3, -0.25) is 0 Å². The van der Waals surface area contributed by atoms with Gasteiger partial charge in [0.1, 0.15) is 0 Å². The van der Waals surface area contributed by atoms with Crippen LogP contribution in [0.25, 0.3) is 0 Å². The van der Waals surface area contributed by atoms with E-state index in [1.54, 1.807) is 0 Å². The van der Waals surface area contributed by atoms with Gasteiger partial charge in [0.25, 0.3) is 0 Å². The van der Waals surface area contributed by atoms with Crippen LogP contribution in [0.5, 0.6) is 0 Å². The van der Waals surface area contributed by atoms with Gasteiger partial charge in [0.2, 0.25) is 0 Å². The summed E-state index contributed by atoms with van der Waals surface area (Å²) in [7, 11) is 0. The second kappa shape index (κ2) is 9.02. The molecule has 0 rings (SSSR count). The van der Waals surface area contributed by atoms with Crippen LogP contribution in [-0.4, -0.2) is 5.75 Å². The largest absolute Gasteiger partial charge is 1.00 e. The Morgan fingerprint density at radius 3 is 2.00 bits per heavy atom. The standard InChI is InChI=1S/C3H8S.Na.H/c1-2-3-4;;/h4H,2-3H2,1H3;;/q;+1;-1. The van der Waals surface area contributed by atoms with Crippen molar-refractivity contribution in [2.24, 2.45) is 0 Å². The molecule has 0 aliphatic rings. The fourth-order valence-electron chi connectivity index (χ4n) is 0. The Morgan fingerprint density at radius 2 is 2.00 bits per heavy atom. The van der Waals surface area contributed by atoms with Crippen LogP contribution in [0.4, 0.5) is 0 Å². The molecule has 2 heteroatoms. The fourth-order valence-corrected chi connectivity index (χ4v) is 0. The summed E-state index contributed by atoms with van der Waals surface area (Å²) in [5.41, 5.74) is 0. The molecule has 0 heterocycles. The number of rotatable bonds is 1. The minimum Gasteiger partial charge on any atom is -1.00 e. The molecule has 0 unspecified atom stereocenters. The molecule has 0 amide bonds. The summed E-state index contributed by atoms with van der Waals surface area (Å²) in [5, 5.41) is 0. The molecule has 0 spiro atoms. The summed E-state index contributed by atoms with van der Waals surface area (Å²) < 4.78 is 0. The van der Waals surface area contributed by atoms with Crippen molar-refractivity contribution < 1.29 is 31.0 Å². The molecule has 0 radical (unpaired) electrons. The van der Waals surface area contributed by atoms with E-state index in [-0.39, 0.29) is 31.0 Å². The monoisotopic (exact) mass is 100 g/mol. The third-order valence-electron chi connectivity index (χ3n) is 0.224. The molecule has 28 valence electrons. The van der Waals surface area contributed by atoms with Crippen LogP contribution in [-0.2, 0) is 0 Å². The molecule has 0 aromatic rings. The van der Waals surface area contributed by atoms with Crippen LogP contribution in [0.15, 0.2) is 0 Å². The zero-order valence-corrected chi connectivity index (χ0v) is 6.76. The Hall–Kier alpha value is 1.35. The van der Waals surface area contributed by atoms with Crippen molar-refractivity contribution in [1.29, 1.82) is 0 Å². The van der Waals surface area contributed by atoms with E-state index in [9.17, 15) is 0 Å².